The average Bonchev–Trinajstić information content (AvgIpc) is 3.09. The molecule has 0 saturated carbocycles. The smallest absolute Gasteiger partial charge is 0.316 e. The molecule has 1 amide bonds. The highest BCUT2D eigenvalue weighted by Crippen LogP contribution is 2.24. The van der Waals surface area contributed by atoms with Crippen molar-refractivity contribution in [3.05, 3.63) is 54.1 Å². The van der Waals surface area contributed by atoms with Crippen molar-refractivity contribution >= 4 is 40.4 Å². The number of hydrogen-bond donors (Lipinski definition) is 1. The summed E-state index contributed by atoms with van der Waals surface area (Å²) in [4.78, 5) is 28.6. The van der Waals surface area contributed by atoms with E-state index in [0.717, 1.165) is 29.2 Å². The van der Waals surface area contributed by atoms with Gasteiger partial charge in [0.1, 0.15) is 0 Å². The number of thioether (sulfide) groups is 1. The van der Waals surface area contributed by atoms with E-state index < -0.39 is 11.9 Å². The van der Waals surface area contributed by atoms with Gasteiger partial charge in [-0.3, -0.25) is 9.59 Å². The summed E-state index contributed by atoms with van der Waals surface area (Å²) in [5.74, 6) is -0.896. The molecule has 29 heavy (non-hydrogen) atoms. The third-order valence-electron chi connectivity index (χ3n) is 4.03. The SMILES string of the molecule is CCCn1c(SCC(=O)OCC(=O)Nc2cccc(C#N)c2)nc2ccccc21. The number of carbonyl (C=O) groups excluding carboxylic acids is 2. The van der Waals surface area contributed by atoms with Gasteiger partial charge in [-0.15, -0.1) is 0 Å². The van der Waals surface area contributed by atoms with Crippen molar-refractivity contribution in [1.29, 1.82) is 5.26 Å². The van der Waals surface area contributed by atoms with Crippen LogP contribution in [-0.4, -0.2) is 33.8 Å². The second kappa shape index (κ2) is 9.75. The topological polar surface area (TPSA) is 97.0 Å². The number of rotatable bonds is 8. The molecule has 0 aliphatic heterocycles. The molecular formula is C21H20N4O3S. The van der Waals surface area contributed by atoms with Gasteiger partial charge in [0.25, 0.3) is 5.91 Å². The quantitative estimate of drug-likeness (QED) is 0.452. The molecule has 0 atom stereocenters. The van der Waals surface area contributed by atoms with Crippen molar-refractivity contribution in [2.24, 2.45) is 0 Å². The molecular weight excluding hydrogens is 388 g/mol. The number of carbonyl (C=O) groups is 2. The summed E-state index contributed by atoms with van der Waals surface area (Å²) in [7, 11) is 0. The monoisotopic (exact) mass is 408 g/mol. The minimum atomic E-state index is -0.494. The van der Waals surface area contributed by atoms with Crippen LogP contribution in [0.15, 0.2) is 53.7 Å². The maximum Gasteiger partial charge on any atom is 0.316 e. The Morgan fingerprint density at radius 2 is 2.07 bits per heavy atom. The maximum absolute atomic E-state index is 12.1. The van der Waals surface area contributed by atoms with Crippen LogP contribution in [0.5, 0.6) is 0 Å². The van der Waals surface area contributed by atoms with Crippen molar-refractivity contribution in [2.45, 2.75) is 25.0 Å². The summed E-state index contributed by atoms with van der Waals surface area (Å²) in [5, 5.41) is 12.2. The number of imidazole rings is 1. The number of nitrogens with zero attached hydrogens (tertiary/aromatic N) is 3. The first kappa shape index (κ1) is 20.4. The fourth-order valence-corrected chi connectivity index (χ4v) is 3.62. The number of ether oxygens (including phenoxy) is 1. The molecule has 2 aromatic carbocycles. The molecule has 1 N–H and O–H groups in total. The Bertz CT molecular complexity index is 1070. The number of esters is 1. The fraction of sp³-hybridized carbons (Fsp3) is 0.238. The standard InChI is InChI=1S/C21H20N4O3S/c1-2-10-25-18-9-4-3-8-17(18)24-21(25)29-14-20(27)28-13-19(26)23-16-7-5-6-15(11-16)12-22/h3-9,11H,2,10,13-14H2,1H3,(H,23,26). The number of fused-ring (bicyclic) bond motifs is 1. The summed E-state index contributed by atoms with van der Waals surface area (Å²) in [6.45, 7) is 2.51. The maximum atomic E-state index is 12.1. The molecule has 3 rings (SSSR count). The largest absolute Gasteiger partial charge is 0.455 e. The zero-order valence-corrected chi connectivity index (χ0v) is 16.7. The molecule has 0 saturated heterocycles. The van der Waals surface area contributed by atoms with Crippen LogP contribution in [0.3, 0.4) is 0 Å². The van der Waals surface area contributed by atoms with Gasteiger partial charge in [-0.2, -0.15) is 5.26 Å². The molecule has 7 nitrogen and oxygen atoms in total. The van der Waals surface area contributed by atoms with Crippen molar-refractivity contribution in [3.8, 4) is 6.07 Å². The number of anilines is 1. The highest BCUT2D eigenvalue weighted by Gasteiger charge is 2.14. The van der Waals surface area contributed by atoms with Crippen molar-refractivity contribution in [3.63, 3.8) is 0 Å². The number of nitriles is 1. The molecule has 0 fully saturated rings. The van der Waals surface area contributed by atoms with Crippen LogP contribution < -0.4 is 5.32 Å². The number of hydrogen-bond acceptors (Lipinski definition) is 6. The van der Waals surface area contributed by atoms with Crippen LogP contribution in [0.4, 0.5) is 5.69 Å². The number of nitrogens with one attached hydrogen (secondary N) is 1. The summed E-state index contributed by atoms with van der Waals surface area (Å²) in [5.41, 5.74) is 2.83. The minimum absolute atomic E-state index is 0.0598. The Kier molecular flexibility index (Phi) is 6.87. The van der Waals surface area contributed by atoms with E-state index in [4.69, 9.17) is 10.00 Å². The third kappa shape index (κ3) is 5.36. The molecule has 0 radical (unpaired) electrons. The van der Waals surface area contributed by atoms with Crippen LogP contribution in [0.1, 0.15) is 18.9 Å². The first-order valence-corrected chi connectivity index (χ1v) is 10.1. The lowest BCUT2D eigenvalue weighted by atomic mass is 10.2. The van der Waals surface area contributed by atoms with Gasteiger partial charge < -0.3 is 14.6 Å². The Balaban J connectivity index is 1.52. The normalized spacial score (nSPS) is 10.5. The average molecular weight is 408 g/mol. The van der Waals surface area contributed by atoms with Crippen LogP contribution in [0.25, 0.3) is 11.0 Å². The van der Waals surface area contributed by atoms with Crippen molar-refractivity contribution in [1.82, 2.24) is 9.55 Å². The third-order valence-corrected chi connectivity index (χ3v) is 4.98. The van der Waals surface area contributed by atoms with Crippen LogP contribution >= 0.6 is 11.8 Å². The molecule has 8 heteroatoms. The lowest BCUT2D eigenvalue weighted by molar-refractivity contribution is -0.144. The summed E-state index contributed by atoms with van der Waals surface area (Å²) < 4.78 is 7.14. The van der Waals surface area contributed by atoms with Crippen molar-refractivity contribution in [2.75, 3.05) is 17.7 Å². The zero-order valence-electron chi connectivity index (χ0n) is 15.9. The first-order chi connectivity index (χ1) is 14.1. The van der Waals surface area contributed by atoms with Gasteiger partial charge in [0.15, 0.2) is 11.8 Å². The molecule has 0 unspecified atom stereocenters. The lowest BCUT2D eigenvalue weighted by Crippen LogP contribution is -2.21. The number of aromatic nitrogens is 2. The van der Waals surface area contributed by atoms with E-state index >= 15 is 0 Å². The van der Waals surface area contributed by atoms with Gasteiger partial charge in [0.05, 0.1) is 28.4 Å². The Morgan fingerprint density at radius 3 is 2.86 bits per heavy atom. The molecule has 0 aliphatic rings. The van der Waals surface area contributed by atoms with E-state index in [2.05, 4.69) is 21.8 Å². The van der Waals surface area contributed by atoms with Crippen molar-refractivity contribution < 1.29 is 14.3 Å². The predicted molar refractivity (Wildman–Crippen MR) is 111 cm³/mol. The van der Waals surface area contributed by atoms with Gasteiger partial charge in [-0.05, 0) is 36.8 Å². The van der Waals surface area contributed by atoms with Crippen LogP contribution in [0, 0.1) is 11.3 Å². The number of amides is 1. The Morgan fingerprint density at radius 1 is 1.24 bits per heavy atom. The van der Waals surface area contributed by atoms with Gasteiger partial charge in [0.2, 0.25) is 0 Å². The minimum Gasteiger partial charge on any atom is -0.455 e. The first-order valence-electron chi connectivity index (χ1n) is 9.14. The van der Waals surface area contributed by atoms with E-state index in [0.29, 0.717) is 11.3 Å². The highest BCUT2D eigenvalue weighted by atomic mass is 32.2. The summed E-state index contributed by atoms with van der Waals surface area (Å²) >= 11 is 1.29. The van der Waals surface area contributed by atoms with Crippen LogP contribution in [0.2, 0.25) is 0 Å². The summed E-state index contributed by atoms with van der Waals surface area (Å²) in [6, 6.07) is 16.4. The van der Waals surface area contributed by atoms with Gasteiger partial charge in [0, 0.05) is 12.2 Å². The van der Waals surface area contributed by atoms with E-state index in [1.807, 2.05) is 30.3 Å². The van der Waals surface area contributed by atoms with E-state index in [9.17, 15) is 9.59 Å². The highest BCUT2D eigenvalue weighted by molar-refractivity contribution is 7.99. The molecule has 3 aromatic rings. The Hall–Kier alpha value is -3.31. The van der Waals surface area contributed by atoms with Gasteiger partial charge in [-0.1, -0.05) is 36.9 Å². The lowest BCUT2D eigenvalue weighted by Gasteiger charge is -2.08. The number of aryl methyl sites for hydroxylation is 1. The zero-order chi connectivity index (χ0) is 20.6. The Labute approximate surface area is 172 Å². The molecule has 148 valence electrons. The molecule has 1 aromatic heterocycles. The number of para-hydroxylation sites is 2. The molecule has 0 spiro atoms. The van der Waals surface area contributed by atoms with Gasteiger partial charge in [-0.25, -0.2) is 4.98 Å². The number of benzene rings is 2. The molecule has 0 aliphatic carbocycles. The second-order valence-corrected chi connectivity index (χ2v) is 7.17. The molecule has 0 bridgehead atoms. The van der Waals surface area contributed by atoms with E-state index in [-0.39, 0.29) is 12.4 Å². The van der Waals surface area contributed by atoms with E-state index in [1.165, 1.54) is 11.8 Å². The van der Waals surface area contributed by atoms with Gasteiger partial charge >= 0.3 is 5.97 Å². The summed E-state index contributed by atoms with van der Waals surface area (Å²) in [6.07, 6.45) is 0.950. The predicted octanol–water partition coefficient (Wildman–Crippen LogP) is 3.59. The van der Waals surface area contributed by atoms with E-state index in [1.54, 1.807) is 24.3 Å². The molecule has 1 heterocycles. The van der Waals surface area contributed by atoms with Crippen LogP contribution in [-0.2, 0) is 20.9 Å². The second-order valence-electron chi connectivity index (χ2n) is 6.22. The fourth-order valence-electron chi connectivity index (χ4n) is 2.78.